The number of hydrogen-bond acceptors (Lipinski definition) is 3. The van der Waals surface area contributed by atoms with E-state index in [0.29, 0.717) is 6.29 Å². The van der Waals surface area contributed by atoms with Gasteiger partial charge in [0.2, 0.25) is 0 Å². The molecular formula is C7H20N2O. The number of hydrogen-bond donors (Lipinski definition) is 2. The second kappa shape index (κ2) is 38.4. The third-order valence-corrected chi connectivity index (χ3v) is 0.385. The van der Waals surface area contributed by atoms with Crippen LogP contribution in [-0.4, -0.2) is 19.4 Å². The third kappa shape index (κ3) is 130. The molecule has 0 heterocycles. The van der Waals surface area contributed by atoms with Crippen LogP contribution in [-0.2, 0) is 4.79 Å². The number of carbonyl (C=O) groups excluding carboxylic acids is 1. The van der Waals surface area contributed by atoms with Crippen LogP contribution < -0.4 is 11.5 Å². The quantitative estimate of drug-likeness (QED) is 0.561. The van der Waals surface area contributed by atoms with Crippen LogP contribution in [0.1, 0.15) is 27.2 Å². The zero-order chi connectivity index (χ0) is 8.83. The highest BCUT2D eigenvalue weighted by atomic mass is 16.1. The number of aldehydes is 1. The van der Waals surface area contributed by atoms with E-state index >= 15 is 0 Å². The summed E-state index contributed by atoms with van der Waals surface area (Å²) in [7, 11) is 0. The molecule has 0 atom stereocenters. The lowest BCUT2D eigenvalue weighted by atomic mass is 10.5. The highest BCUT2D eigenvalue weighted by Gasteiger charge is 1.55. The molecule has 0 fully saturated rings. The van der Waals surface area contributed by atoms with Gasteiger partial charge >= 0.3 is 0 Å². The average Bonchev–Trinajstić information content (AvgIpc) is 2.08. The van der Waals surface area contributed by atoms with Crippen LogP contribution in [0.4, 0.5) is 0 Å². The van der Waals surface area contributed by atoms with E-state index in [0.717, 1.165) is 13.0 Å². The molecular weight excluding hydrogens is 128 g/mol. The van der Waals surface area contributed by atoms with Gasteiger partial charge in [-0.2, -0.15) is 0 Å². The minimum atomic E-state index is 0.139. The summed E-state index contributed by atoms with van der Waals surface area (Å²) >= 11 is 0. The first-order chi connectivity index (χ1) is 4.83. The van der Waals surface area contributed by atoms with Crippen LogP contribution >= 0.6 is 0 Å². The Morgan fingerprint density at radius 1 is 1.30 bits per heavy atom. The SMILES string of the molecule is CC.CCCN.NCC=O. The van der Waals surface area contributed by atoms with Crippen LogP contribution in [0.25, 0.3) is 0 Å². The molecule has 0 rings (SSSR count). The first-order valence-corrected chi connectivity index (χ1v) is 3.67. The summed E-state index contributed by atoms with van der Waals surface area (Å²) in [6, 6.07) is 0. The molecule has 0 saturated carbocycles. The lowest BCUT2D eigenvalue weighted by Gasteiger charge is -1.70. The molecule has 0 aromatic rings. The molecule has 3 nitrogen and oxygen atoms in total. The summed E-state index contributed by atoms with van der Waals surface area (Å²) < 4.78 is 0. The fourth-order valence-corrected chi connectivity index (χ4v) is 0. The molecule has 0 aromatic carbocycles. The molecule has 0 aliphatic heterocycles. The Balaban J connectivity index is -0.0000000787. The predicted octanol–water partition coefficient (Wildman–Crippen LogP) is 0.525. The zero-order valence-electron chi connectivity index (χ0n) is 7.26. The second-order valence-electron chi connectivity index (χ2n) is 1.19. The van der Waals surface area contributed by atoms with Gasteiger partial charge in [-0.05, 0) is 13.0 Å². The van der Waals surface area contributed by atoms with Crippen molar-refractivity contribution in [1.82, 2.24) is 0 Å². The Hall–Kier alpha value is -0.410. The lowest BCUT2D eigenvalue weighted by molar-refractivity contribution is -0.106. The summed E-state index contributed by atoms with van der Waals surface area (Å²) in [6.45, 7) is 7.01. The van der Waals surface area contributed by atoms with Gasteiger partial charge in [0.05, 0.1) is 0 Å². The van der Waals surface area contributed by atoms with E-state index < -0.39 is 0 Å². The molecule has 0 amide bonds. The minimum absolute atomic E-state index is 0.139. The molecule has 10 heavy (non-hydrogen) atoms. The van der Waals surface area contributed by atoms with Crippen molar-refractivity contribution in [2.75, 3.05) is 13.1 Å². The molecule has 0 saturated heterocycles. The normalized spacial score (nSPS) is 6.10. The van der Waals surface area contributed by atoms with Crippen molar-refractivity contribution < 1.29 is 4.79 Å². The van der Waals surface area contributed by atoms with Crippen LogP contribution in [0.2, 0.25) is 0 Å². The van der Waals surface area contributed by atoms with E-state index in [1.165, 1.54) is 0 Å². The second-order valence-corrected chi connectivity index (χ2v) is 1.19. The first kappa shape index (κ1) is 16.3. The van der Waals surface area contributed by atoms with E-state index in [9.17, 15) is 0 Å². The van der Waals surface area contributed by atoms with Gasteiger partial charge < -0.3 is 16.3 Å². The standard InChI is InChI=1S/C3H9N.C2H5NO.C2H6/c1-2-3-4;3-1-2-4;1-2/h2-4H2,1H3;2H,1,3H2;1-2H3. The van der Waals surface area contributed by atoms with Crippen molar-refractivity contribution >= 4 is 6.29 Å². The predicted molar refractivity (Wildman–Crippen MR) is 45.8 cm³/mol. The van der Waals surface area contributed by atoms with Gasteiger partial charge in [-0.15, -0.1) is 0 Å². The summed E-state index contributed by atoms with van der Waals surface area (Å²) in [5.74, 6) is 0. The van der Waals surface area contributed by atoms with Crippen LogP contribution in [0.15, 0.2) is 0 Å². The highest BCUT2D eigenvalue weighted by Crippen LogP contribution is 1.57. The molecule has 0 spiro atoms. The maximum atomic E-state index is 9.05. The van der Waals surface area contributed by atoms with Crippen molar-refractivity contribution in [2.45, 2.75) is 27.2 Å². The Bertz CT molecular complexity index is 38.6. The molecule has 0 bridgehead atoms. The maximum Gasteiger partial charge on any atom is 0.133 e. The van der Waals surface area contributed by atoms with Crippen LogP contribution in [0.5, 0.6) is 0 Å². The molecule has 3 heteroatoms. The Labute approximate surface area is 63.8 Å². The number of rotatable bonds is 2. The van der Waals surface area contributed by atoms with Crippen molar-refractivity contribution in [3.8, 4) is 0 Å². The van der Waals surface area contributed by atoms with E-state index in [1.54, 1.807) is 0 Å². The third-order valence-electron chi connectivity index (χ3n) is 0.385. The van der Waals surface area contributed by atoms with E-state index in [4.69, 9.17) is 10.5 Å². The smallest absolute Gasteiger partial charge is 0.133 e. The summed E-state index contributed by atoms with van der Waals surface area (Å²) in [5, 5.41) is 0. The van der Waals surface area contributed by atoms with Gasteiger partial charge in [0.25, 0.3) is 0 Å². The highest BCUT2D eigenvalue weighted by molar-refractivity contribution is 5.51. The van der Waals surface area contributed by atoms with E-state index in [-0.39, 0.29) is 6.54 Å². The van der Waals surface area contributed by atoms with Crippen molar-refractivity contribution in [3.05, 3.63) is 0 Å². The van der Waals surface area contributed by atoms with Gasteiger partial charge in [-0.25, -0.2) is 0 Å². The zero-order valence-corrected chi connectivity index (χ0v) is 7.26. The van der Waals surface area contributed by atoms with E-state index in [2.05, 4.69) is 12.7 Å². The summed E-state index contributed by atoms with van der Waals surface area (Å²) in [6.07, 6.45) is 1.75. The number of nitrogens with two attached hydrogens (primary N) is 2. The van der Waals surface area contributed by atoms with Crippen LogP contribution in [0.3, 0.4) is 0 Å². The van der Waals surface area contributed by atoms with Crippen molar-refractivity contribution in [1.29, 1.82) is 0 Å². The van der Waals surface area contributed by atoms with Gasteiger partial charge in [0.1, 0.15) is 6.29 Å². The van der Waals surface area contributed by atoms with Gasteiger partial charge in [-0.1, -0.05) is 20.8 Å². The molecule has 0 radical (unpaired) electrons. The van der Waals surface area contributed by atoms with E-state index in [1.807, 2.05) is 13.8 Å². The van der Waals surface area contributed by atoms with Gasteiger partial charge in [-0.3, -0.25) is 0 Å². The van der Waals surface area contributed by atoms with Gasteiger partial charge in [0, 0.05) is 6.54 Å². The molecule has 0 aliphatic carbocycles. The van der Waals surface area contributed by atoms with Gasteiger partial charge in [0.15, 0.2) is 0 Å². The molecule has 0 unspecified atom stereocenters. The Morgan fingerprint density at radius 3 is 1.50 bits per heavy atom. The minimum Gasteiger partial charge on any atom is -0.330 e. The average molecular weight is 148 g/mol. The largest absolute Gasteiger partial charge is 0.330 e. The fraction of sp³-hybridized carbons (Fsp3) is 0.857. The summed E-state index contributed by atoms with van der Waals surface area (Å²) in [5.41, 5.74) is 9.69. The monoisotopic (exact) mass is 148 g/mol. The molecule has 4 N–H and O–H groups in total. The topological polar surface area (TPSA) is 69.1 Å². The Kier molecular flexibility index (Phi) is 62.6. The van der Waals surface area contributed by atoms with Crippen molar-refractivity contribution in [3.63, 3.8) is 0 Å². The first-order valence-electron chi connectivity index (χ1n) is 3.67. The maximum absolute atomic E-state index is 9.05. The van der Waals surface area contributed by atoms with Crippen molar-refractivity contribution in [2.24, 2.45) is 11.5 Å². The molecule has 64 valence electrons. The molecule has 0 aliphatic rings. The fourth-order valence-electron chi connectivity index (χ4n) is 0. The Morgan fingerprint density at radius 2 is 1.50 bits per heavy atom. The lowest BCUT2D eigenvalue weighted by Crippen LogP contribution is -1.97. The summed E-state index contributed by atoms with van der Waals surface area (Å²) in [4.78, 5) is 9.05. The molecule has 0 aromatic heterocycles. The number of carbonyl (C=O) groups is 1. The van der Waals surface area contributed by atoms with Crippen LogP contribution in [0, 0.1) is 0 Å².